The van der Waals surface area contributed by atoms with E-state index < -0.39 is 25.0 Å². The Bertz CT molecular complexity index is 528. The number of quaternary nitrogens is 3. The zero-order valence-electron chi connectivity index (χ0n) is 25.4. The van der Waals surface area contributed by atoms with Crippen LogP contribution >= 0.6 is 0 Å². The second-order valence-electron chi connectivity index (χ2n) is 10.8. The predicted molar refractivity (Wildman–Crippen MR) is 145 cm³/mol. The van der Waals surface area contributed by atoms with Crippen molar-refractivity contribution in [2.75, 3.05) is 109 Å². The van der Waals surface area contributed by atoms with Gasteiger partial charge in [0, 0.05) is 25.5 Å². The highest BCUT2D eigenvalue weighted by Gasteiger charge is 2.03. The number of aliphatic hydroxyl groups excluding tert-OH is 3. The number of hydrogen-bond acceptors (Lipinski definition) is 11. The fourth-order valence-electron chi connectivity index (χ4n) is 1.54. The lowest BCUT2D eigenvalue weighted by Gasteiger charge is -2.21. The Morgan fingerprint density at radius 2 is 1.03 bits per heavy atom. The lowest BCUT2D eigenvalue weighted by Crippen LogP contribution is -2.41. The molecule has 0 aromatic heterocycles. The molecule has 1 atom stereocenters. The number of aliphatic carboxylic acids is 1. The van der Waals surface area contributed by atoms with Crippen LogP contribution in [-0.2, 0) is 14.4 Å². The molecule has 16 nitrogen and oxygen atoms in total. The molecule has 0 amide bonds. The molecule has 0 aliphatic carbocycles. The molecular formula is C23H57N7O9. The summed E-state index contributed by atoms with van der Waals surface area (Å²) in [5.41, 5.74) is 15.2. The Labute approximate surface area is 234 Å². The monoisotopic (exact) mass is 575 g/mol. The molecule has 0 aromatic carbocycles. The van der Waals surface area contributed by atoms with Crippen molar-refractivity contribution in [3.05, 3.63) is 0 Å². The van der Waals surface area contributed by atoms with E-state index in [0.717, 1.165) is 33.1 Å². The van der Waals surface area contributed by atoms with Gasteiger partial charge in [-0.1, -0.05) is 0 Å². The average molecular weight is 576 g/mol. The van der Waals surface area contributed by atoms with Crippen LogP contribution in [0.15, 0.2) is 4.99 Å². The Morgan fingerprint density at radius 3 is 1.15 bits per heavy atom. The van der Waals surface area contributed by atoms with E-state index >= 15 is 0 Å². The number of carboxylic acids is 1. The average Bonchev–Trinajstić information content (AvgIpc) is 2.71. The van der Waals surface area contributed by atoms with Crippen molar-refractivity contribution in [1.82, 2.24) is 0 Å². The smallest absolute Gasteiger partial charge is 0.185 e. The van der Waals surface area contributed by atoms with E-state index in [1.54, 1.807) is 0 Å². The highest BCUT2D eigenvalue weighted by molar-refractivity contribution is 5.75. The van der Waals surface area contributed by atoms with Crippen LogP contribution in [0.3, 0.4) is 0 Å². The second kappa shape index (κ2) is 31.6. The van der Waals surface area contributed by atoms with Gasteiger partial charge >= 0.3 is 0 Å². The number of carbonyl (C=O) groups is 3. The van der Waals surface area contributed by atoms with Crippen molar-refractivity contribution in [3.63, 3.8) is 0 Å². The third-order valence-corrected chi connectivity index (χ3v) is 3.58. The van der Waals surface area contributed by atoms with Crippen molar-refractivity contribution in [1.29, 1.82) is 0 Å². The van der Waals surface area contributed by atoms with Gasteiger partial charge in [-0.05, 0) is 12.8 Å². The SMILES string of the molecule is C[N+](C)(C)CCO.C[N+](C)(C)CCO.C[N+](C)(C)CCO.NC(N)=NCCC[C@H](N)C(=O)[O-].O=C[O-].O=C[O-]. The second-order valence-corrected chi connectivity index (χ2v) is 10.8. The van der Waals surface area contributed by atoms with Gasteiger partial charge in [0.1, 0.15) is 19.6 Å². The van der Waals surface area contributed by atoms with Crippen LogP contribution < -0.4 is 32.5 Å². The van der Waals surface area contributed by atoms with Gasteiger partial charge < -0.3 is 75.7 Å². The molecule has 0 unspecified atom stereocenters. The van der Waals surface area contributed by atoms with Crippen LogP contribution in [0.25, 0.3) is 0 Å². The molecule has 0 spiro atoms. The number of guanidine groups is 1. The van der Waals surface area contributed by atoms with Gasteiger partial charge in [-0.15, -0.1) is 0 Å². The number of hydrogen-bond donors (Lipinski definition) is 6. The first-order valence-corrected chi connectivity index (χ1v) is 11.9. The van der Waals surface area contributed by atoms with Gasteiger partial charge in [0.25, 0.3) is 0 Å². The minimum atomic E-state index is -1.25. The molecule has 9 N–H and O–H groups in total. The van der Waals surface area contributed by atoms with E-state index in [1.165, 1.54) is 0 Å². The largest absolute Gasteiger partial charge is 0.554 e. The fraction of sp³-hybridized carbons (Fsp3) is 0.826. The maximum Gasteiger partial charge on any atom is 0.185 e. The molecule has 0 aromatic rings. The normalized spacial score (nSPS) is 10.8. The van der Waals surface area contributed by atoms with Gasteiger partial charge in [0.15, 0.2) is 5.96 Å². The Balaban J connectivity index is -0.0000000892. The minimum Gasteiger partial charge on any atom is -0.554 e. The summed E-state index contributed by atoms with van der Waals surface area (Å²) in [5.74, 6) is -1.25. The van der Waals surface area contributed by atoms with Gasteiger partial charge in [-0.25, -0.2) is 0 Å². The molecule has 0 rings (SSSR count). The Kier molecular flexibility index (Phi) is 40.0. The van der Waals surface area contributed by atoms with Crippen LogP contribution in [0.1, 0.15) is 12.8 Å². The Morgan fingerprint density at radius 1 is 0.769 bits per heavy atom. The highest BCUT2D eigenvalue weighted by atomic mass is 16.4. The maximum atomic E-state index is 10.1. The van der Waals surface area contributed by atoms with Crippen molar-refractivity contribution in [2.45, 2.75) is 18.9 Å². The molecule has 0 radical (unpaired) electrons. The summed E-state index contributed by atoms with van der Waals surface area (Å²) in [6.45, 7) is 2.74. The van der Waals surface area contributed by atoms with E-state index in [2.05, 4.69) is 68.4 Å². The summed E-state index contributed by atoms with van der Waals surface area (Å²) in [4.78, 5) is 30.3. The van der Waals surface area contributed by atoms with E-state index in [1.807, 2.05) is 0 Å². The Hall–Kier alpha value is -2.60. The predicted octanol–water partition coefficient (Wildman–Crippen LogP) is -7.10. The number of aliphatic imine (C=N–C) groups is 1. The number of likely N-dealkylation sites (N-methyl/N-ethyl adjacent to an activating group) is 3. The van der Waals surface area contributed by atoms with Crippen molar-refractivity contribution in [3.8, 4) is 0 Å². The van der Waals surface area contributed by atoms with E-state index in [9.17, 15) is 9.90 Å². The molecule has 0 aliphatic heterocycles. The summed E-state index contributed by atoms with van der Waals surface area (Å²) < 4.78 is 2.53. The van der Waals surface area contributed by atoms with Crippen LogP contribution in [0.2, 0.25) is 0 Å². The standard InChI is InChI=1S/C6H14N4O2.3C5H14NO.2CH2O2/c7-4(5(11)12)2-1-3-10-6(8)9;3*1-6(2,3)4-5-7;2*2-1-3/h4H,1-3,7H2,(H,11,12)(H4,8,9,10);3*7H,4-5H2,1-3H3;2*1H,(H,2,3)/q;3*+1;;/p-3/t4-;;;;;/m0...../s1. The van der Waals surface area contributed by atoms with E-state index in [4.69, 9.17) is 52.3 Å². The molecular weight excluding hydrogens is 518 g/mol. The first-order chi connectivity index (χ1) is 17.5. The zero-order valence-corrected chi connectivity index (χ0v) is 25.4. The number of rotatable bonds is 11. The molecule has 0 aliphatic rings. The summed E-state index contributed by atoms with van der Waals surface area (Å²) in [6.07, 6.45) is 0.853. The fourth-order valence-corrected chi connectivity index (χ4v) is 1.54. The lowest BCUT2D eigenvalue weighted by molar-refractivity contribution is -0.870. The first kappa shape index (κ1) is 49.4. The van der Waals surface area contributed by atoms with Crippen molar-refractivity contribution < 1.29 is 58.5 Å². The van der Waals surface area contributed by atoms with Crippen molar-refractivity contribution in [2.24, 2.45) is 22.2 Å². The topological polar surface area (TPSA) is 271 Å². The number of carboxylic acid groups (broad SMARTS) is 3. The minimum absolute atomic E-state index is 0.00276. The zero-order chi connectivity index (χ0) is 32.7. The summed E-state index contributed by atoms with van der Waals surface area (Å²) in [5, 5.41) is 51.8. The molecule has 238 valence electrons. The third-order valence-electron chi connectivity index (χ3n) is 3.58. The van der Waals surface area contributed by atoms with E-state index in [-0.39, 0.29) is 25.8 Å². The summed E-state index contributed by atoms with van der Waals surface area (Å²) >= 11 is 0. The van der Waals surface area contributed by atoms with Crippen LogP contribution in [0, 0.1) is 0 Å². The number of nitrogens with zero attached hydrogens (tertiary/aromatic N) is 4. The van der Waals surface area contributed by atoms with Gasteiger partial charge in [0.05, 0.1) is 89.2 Å². The molecule has 16 heteroatoms. The molecule has 0 heterocycles. The summed E-state index contributed by atoms with van der Waals surface area (Å²) in [6, 6.07) is -0.931. The summed E-state index contributed by atoms with van der Waals surface area (Å²) in [7, 11) is 18.5. The van der Waals surface area contributed by atoms with Gasteiger partial charge in [-0.2, -0.15) is 0 Å². The molecule has 39 heavy (non-hydrogen) atoms. The lowest BCUT2D eigenvalue weighted by atomic mass is 10.2. The van der Waals surface area contributed by atoms with Gasteiger partial charge in [-0.3, -0.25) is 4.99 Å². The first-order valence-electron chi connectivity index (χ1n) is 11.9. The number of aliphatic hydroxyl groups is 3. The molecule has 0 bridgehead atoms. The maximum absolute atomic E-state index is 10.1. The van der Waals surface area contributed by atoms with E-state index in [0.29, 0.717) is 19.4 Å². The molecule has 0 saturated carbocycles. The van der Waals surface area contributed by atoms with Crippen molar-refractivity contribution >= 4 is 24.9 Å². The van der Waals surface area contributed by atoms with Crippen LogP contribution in [0.5, 0.6) is 0 Å². The quantitative estimate of drug-likeness (QED) is 0.0441. The highest BCUT2D eigenvalue weighted by Crippen LogP contribution is 1.93. The number of carbonyl (C=O) groups excluding carboxylic acids is 3. The van der Waals surface area contributed by atoms with Crippen LogP contribution in [-0.4, -0.2) is 169 Å². The molecule has 0 fully saturated rings. The number of nitrogens with two attached hydrogens (primary N) is 3. The third kappa shape index (κ3) is 94.9. The van der Waals surface area contributed by atoms with Gasteiger partial charge in [0.2, 0.25) is 0 Å². The molecule has 0 saturated heterocycles. The van der Waals surface area contributed by atoms with Crippen LogP contribution in [0.4, 0.5) is 0 Å².